The van der Waals surface area contributed by atoms with Crippen LogP contribution >= 0.6 is 0 Å². The maximum Gasteiger partial charge on any atom is 0.224 e. The highest BCUT2D eigenvalue weighted by Crippen LogP contribution is 2.30. The second-order valence-corrected chi connectivity index (χ2v) is 5.78. The molecular formula is C22H19NO2. The first-order chi connectivity index (χ1) is 12.2. The van der Waals surface area contributed by atoms with E-state index in [1.165, 1.54) is 11.8 Å². The molecule has 0 unspecified atom stereocenters. The summed E-state index contributed by atoms with van der Waals surface area (Å²) < 4.78 is 0. The van der Waals surface area contributed by atoms with Crippen molar-refractivity contribution in [3.05, 3.63) is 90.5 Å². The van der Waals surface area contributed by atoms with Crippen LogP contribution in [0.5, 0.6) is 0 Å². The van der Waals surface area contributed by atoms with Gasteiger partial charge in [0.25, 0.3) is 0 Å². The van der Waals surface area contributed by atoms with E-state index in [4.69, 9.17) is 0 Å². The minimum absolute atomic E-state index is 0.0171. The molecule has 0 heterocycles. The van der Waals surface area contributed by atoms with Crippen LogP contribution in [0.1, 0.15) is 17.3 Å². The minimum atomic E-state index is -0.160. The van der Waals surface area contributed by atoms with Gasteiger partial charge in [-0.15, -0.1) is 0 Å². The molecule has 0 bridgehead atoms. The molecule has 0 N–H and O–H groups in total. The first kappa shape index (κ1) is 16.7. The second kappa shape index (κ2) is 7.58. The second-order valence-electron chi connectivity index (χ2n) is 5.78. The third kappa shape index (κ3) is 3.83. The molecular weight excluding hydrogens is 310 g/mol. The lowest BCUT2D eigenvalue weighted by molar-refractivity contribution is -0.116. The first-order valence-electron chi connectivity index (χ1n) is 8.17. The van der Waals surface area contributed by atoms with Crippen LogP contribution in [-0.4, -0.2) is 18.2 Å². The fraction of sp³-hybridized carbons (Fsp3) is 0.0909. The maximum atomic E-state index is 12.6. The van der Waals surface area contributed by atoms with Crippen molar-refractivity contribution < 1.29 is 9.59 Å². The standard InChI is InChI=1S/C22H19NO2/c1-17(24)23(16-22(25)19-12-6-3-7-13-19)21-15-9-8-14-20(21)18-10-4-2-5-11-18/h2-15H,16H2,1H3. The van der Waals surface area contributed by atoms with Gasteiger partial charge in [-0.05, 0) is 11.6 Å². The number of nitrogens with zero attached hydrogens (tertiary/aromatic N) is 1. The van der Waals surface area contributed by atoms with E-state index in [0.717, 1.165) is 16.8 Å². The number of ketones is 1. The summed E-state index contributed by atoms with van der Waals surface area (Å²) in [4.78, 5) is 26.4. The Hall–Kier alpha value is -3.20. The molecule has 0 radical (unpaired) electrons. The molecule has 0 aliphatic rings. The number of amides is 1. The Morgan fingerprint density at radius 1 is 0.760 bits per heavy atom. The van der Waals surface area contributed by atoms with Crippen LogP contribution in [0.2, 0.25) is 0 Å². The molecule has 3 nitrogen and oxygen atoms in total. The Morgan fingerprint density at radius 3 is 1.96 bits per heavy atom. The number of Topliss-reactive ketones (excluding diaryl/α,β-unsaturated/α-hetero) is 1. The van der Waals surface area contributed by atoms with Gasteiger partial charge in [-0.1, -0.05) is 78.9 Å². The number of rotatable bonds is 5. The van der Waals surface area contributed by atoms with E-state index in [1.807, 2.05) is 72.8 Å². The predicted molar refractivity (Wildman–Crippen MR) is 101 cm³/mol. The predicted octanol–water partition coefficient (Wildman–Crippen LogP) is 4.59. The monoisotopic (exact) mass is 329 g/mol. The zero-order chi connectivity index (χ0) is 17.6. The van der Waals surface area contributed by atoms with Gasteiger partial charge in [-0.3, -0.25) is 9.59 Å². The van der Waals surface area contributed by atoms with E-state index < -0.39 is 0 Å². The van der Waals surface area contributed by atoms with Crippen LogP contribution < -0.4 is 4.90 Å². The lowest BCUT2D eigenvalue weighted by Gasteiger charge is -2.23. The summed E-state index contributed by atoms with van der Waals surface area (Å²) in [5.41, 5.74) is 3.28. The van der Waals surface area contributed by atoms with Crippen molar-refractivity contribution in [3.63, 3.8) is 0 Å². The van der Waals surface area contributed by atoms with Gasteiger partial charge in [0.05, 0.1) is 12.2 Å². The molecule has 1 amide bonds. The molecule has 0 aliphatic carbocycles. The molecule has 3 rings (SSSR count). The highest BCUT2D eigenvalue weighted by Gasteiger charge is 2.19. The average Bonchev–Trinajstić information content (AvgIpc) is 2.67. The van der Waals surface area contributed by atoms with E-state index in [2.05, 4.69) is 0 Å². The Labute approximate surface area is 147 Å². The average molecular weight is 329 g/mol. The van der Waals surface area contributed by atoms with Gasteiger partial charge in [0, 0.05) is 18.1 Å². The number of para-hydroxylation sites is 1. The van der Waals surface area contributed by atoms with Crippen molar-refractivity contribution in [2.45, 2.75) is 6.92 Å². The summed E-state index contributed by atoms with van der Waals surface area (Å²) in [6.45, 7) is 1.50. The third-order valence-electron chi connectivity index (χ3n) is 4.06. The molecule has 3 aromatic carbocycles. The van der Waals surface area contributed by atoms with E-state index in [9.17, 15) is 9.59 Å². The Bertz CT molecular complexity index is 873. The first-order valence-corrected chi connectivity index (χ1v) is 8.17. The van der Waals surface area contributed by atoms with Gasteiger partial charge in [0.1, 0.15) is 0 Å². The van der Waals surface area contributed by atoms with E-state index in [-0.39, 0.29) is 18.2 Å². The van der Waals surface area contributed by atoms with Crippen molar-refractivity contribution in [3.8, 4) is 11.1 Å². The third-order valence-corrected chi connectivity index (χ3v) is 4.06. The Morgan fingerprint density at radius 2 is 1.32 bits per heavy atom. The van der Waals surface area contributed by atoms with Crippen LogP contribution in [0.25, 0.3) is 11.1 Å². The minimum Gasteiger partial charge on any atom is -0.304 e. The molecule has 25 heavy (non-hydrogen) atoms. The Balaban J connectivity index is 1.97. The summed E-state index contributed by atoms with van der Waals surface area (Å²) in [6, 6.07) is 26.6. The van der Waals surface area contributed by atoms with E-state index in [1.54, 1.807) is 12.1 Å². The van der Waals surface area contributed by atoms with Crippen LogP contribution in [0.3, 0.4) is 0 Å². The number of carbonyl (C=O) groups excluding carboxylic acids is 2. The molecule has 0 aromatic heterocycles. The number of anilines is 1. The van der Waals surface area contributed by atoms with Crippen LogP contribution in [-0.2, 0) is 4.79 Å². The van der Waals surface area contributed by atoms with Crippen molar-refractivity contribution in [2.24, 2.45) is 0 Å². The Kier molecular flexibility index (Phi) is 5.05. The molecule has 124 valence electrons. The maximum absolute atomic E-state index is 12.6. The van der Waals surface area contributed by atoms with Gasteiger partial charge >= 0.3 is 0 Å². The van der Waals surface area contributed by atoms with Gasteiger partial charge in [-0.2, -0.15) is 0 Å². The van der Waals surface area contributed by atoms with Gasteiger partial charge < -0.3 is 4.90 Å². The summed E-state index contributed by atoms with van der Waals surface area (Å²) in [5, 5.41) is 0. The summed E-state index contributed by atoms with van der Waals surface area (Å²) >= 11 is 0. The number of hydrogen-bond acceptors (Lipinski definition) is 2. The number of benzene rings is 3. The molecule has 3 heteroatoms. The van der Waals surface area contributed by atoms with Crippen LogP contribution in [0.4, 0.5) is 5.69 Å². The van der Waals surface area contributed by atoms with Crippen LogP contribution in [0, 0.1) is 0 Å². The van der Waals surface area contributed by atoms with Crippen molar-refractivity contribution in [1.29, 1.82) is 0 Å². The van der Waals surface area contributed by atoms with Gasteiger partial charge in [-0.25, -0.2) is 0 Å². The lowest BCUT2D eigenvalue weighted by Crippen LogP contribution is -2.34. The number of carbonyl (C=O) groups is 2. The molecule has 0 atom stereocenters. The quantitative estimate of drug-likeness (QED) is 0.642. The molecule has 0 aliphatic heterocycles. The van der Waals surface area contributed by atoms with E-state index in [0.29, 0.717) is 5.56 Å². The zero-order valence-electron chi connectivity index (χ0n) is 14.1. The highest BCUT2D eigenvalue weighted by molar-refractivity contribution is 6.06. The molecule has 0 saturated heterocycles. The molecule has 0 fully saturated rings. The lowest BCUT2D eigenvalue weighted by atomic mass is 10.0. The normalized spacial score (nSPS) is 10.3. The summed E-state index contributed by atoms with van der Waals surface area (Å²) in [5.74, 6) is -0.244. The van der Waals surface area contributed by atoms with Crippen molar-refractivity contribution in [1.82, 2.24) is 0 Å². The fourth-order valence-corrected chi connectivity index (χ4v) is 2.80. The van der Waals surface area contributed by atoms with E-state index >= 15 is 0 Å². The summed E-state index contributed by atoms with van der Waals surface area (Å²) in [7, 11) is 0. The van der Waals surface area contributed by atoms with Crippen molar-refractivity contribution >= 4 is 17.4 Å². The molecule has 0 saturated carbocycles. The van der Waals surface area contributed by atoms with Crippen molar-refractivity contribution in [2.75, 3.05) is 11.4 Å². The SMILES string of the molecule is CC(=O)N(CC(=O)c1ccccc1)c1ccccc1-c1ccccc1. The molecule has 0 spiro atoms. The highest BCUT2D eigenvalue weighted by atomic mass is 16.2. The fourth-order valence-electron chi connectivity index (χ4n) is 2.80. The topological polar surface area (TPSA) is 37.4 Å². The summed E-state index contributed by atoms with van der Waals surface area (Å²) in [6.07, 6.45) is 0. The number of hydrogen-bond donors (Lipinski definition) is 0. The zero-order valence-corrected chi connectivity index (χ0v) is 14.1. The van der Waals surface area contributed by atoms with Gasteiger partial charge in [0.15, 0.2) is 5.78 Å². The molecule has 3 aromatic rings. The largest absolute Gasteiger partial charge is 0.304 e. The smallest absolute Gasteiger partial charge is 0.224 e. The van der Waals surface area contributed by atoms with Crippen LogP contribution in [0.15, 0.2) is 84.9 Å². The van der Waals surface area contributed by atoms with Gasteiger partial charge in [0.2, 0.25) is 5.91 Å².